The van der Waals surface area contributed by atoms with Crippen molar-refractivity contribution in [1.29, 1.82) is 5.26 Å². The van der Waals surface area contributed by atoms with Crippen LogP contribution in [0.4, 0.5) is 4.39 Å². The second-order valence-electron chi connectivity index (χ2n) is 7.89. The first-order chi connectivity index (χ1) is 14.5. The topological polar surface area (TPSA) is 94.0 Å². The van der Waals surface area contributed by atoms with Crippen molar-refractivity contribution in [3.8, 4) is 17.2 Å². The summed E-state index contributed by atoms with van der Waals surface area (Å²) in [5.74, 6) is -0.463. The molecule has 1 aromatic carbocycles. The van der Waals surface area contributed by atoms with Gasteiger partial charge in [0.1, 0.15) is 11.9 Å². The Morgan fingerprint density at radius 2 is 2.17 bits per heavy atom. The predicted molar refractivity (Wildman–Crippen MR) is 112 cm³/mol. The number of halogens is 1. The van der Waals surface area contributed by atoms with Gasteiger partial charge in [-0.05, 0) is 59.4 Å². The highest BCUT2D eigenvalue weighted by atomic mass is 32.1. The summed E-state index contributed by atoms with van der Waals surface area (Å²) >= 11 is 1.29. The zero-order valence-corrected chi connectivity index (χ0v) is 17.4. The summed E-state index contributed by atoms with van der Waals surface area (Å²) in [5.41, 5.74) is 1.79. The summed E-state index contributed by atoms with van der Waals surface area (Å²) in [6, 6.07) is 7.96. The highest BCUT2D eigenvalue weighted by molar-refractivity contribution is 7.12. The molecule has 30 heavy (non-hydrogen) atoms. The number of amides is 2. The molecule has 1 saturated carbocycles. The number of benzene rings is 1. The van der Waals surface area contributed by atoms with Gasteiger partial charge >= 0.3 is 0 Å². The average Bonchev–Trinajstić information content (AvgIpc) is 3.50. The van der Waals surface area contributed by atoms with Crippen LogP contribution >= 0.6 is 11.3 Å². The van der Waals surface area contributed by atoms with E-state index in [1.807, 2.05) is 0 Å². The molecule has 1 aromatic heterocycles. The molecule has 2 amide bonds. The highest BCUT2D eigenvalue weighted by Gasteiger charge is 2.43. The first-order valence-electron chi connectivity index (χ1n) is 10.0. The summed E-state index contributed by atoms with van der Waals surface area (Å²) in [6.07, 6.45) is 3.24. The van der Waals surface area contributed by atoms with Crippen molar-refractivity contribution in [3.63, 3.8) is 0 Å². The van der Waals surface area contributed by atoms with Gasteiger partial charge in [-0.1, -0.05) is 12.1 Å². The van der Waals surface area contributed by atoms with Gasteiger partial charge in [-0.15, -0.1) is 11.3 Å². The zero-order valence-electron chi connectivity index (χ0n) is 16.6. The molecule has 1 aliphatic heterocycles. The Balaban J connectivity index is 1.42. The fourth-order valence-corrected chi connectivity index (χ4v) is 5.25. The van der Waals surface area contributed by atoms with E-state index < -0.39 is 11.9 Å². The van der Waals surface area contributed by atoms with Gasteiger partial charge in [-0.2, -0.15) is 5.26 Å². The molecule has 1 aliphatic carbocycles. The van der Waals surface area contributed by atoms with Crippen LogP contribution in [-0.4, -0.2) is 37.0 Å². The van der Waals surface area contributed by atoms with E-state index in [2.05, 4.69) is 22.0 Å². The summed E-state index contributed by atoms with van der Waals surface area (Å²) < 4.78 is 14.7. The van der Waals surface area contributed by atoms with E-state index in [9.17, 15) is 19.2 Å². The number of nitrogens with one attached hydrogen (secondary N) is 3. The first-order valence-corrected chi connectivity index (χ1v) is 10.9. The number of thiophene rings is 1. The minimum absolute atomic E-state index is 0.0995. The molecule has 2 heterocycles. The fraction of sp³-hybridized carbons (Fsp3) is 0.409. The summed E-state index contributed by atoms with van der Waals surface area (Å²) in [4.78, 5) is 24.8. The average molecular weight is 427 g/mol. The third-order valence-electron chi connectivity index (χ3n) is 5.98. The van der Waals surface area contributed by atoms with Gasteiger partial charge in [0.15, 0.2) is 0 Å². The molecule has 156 valence electrons. The summed E-state index contributed by atoms with van der Waals surface area (Å²) in [5, 5.41) is 19.9. The molecule has 1 saturated heterocycles. The Labute approximate surface area is 178 Å². The molecular weight excluding hydrogens is 403 g/mol. The number of nitriles is 1. The van der Waals surface area contributed by atoms with Crippen LogP contribution in [0.2, 0.25) is 0 Å². The van der Waals surface area contributed by atoms with Crippen molar-refractivity contribution < 1.29 is 14.0 Å². The molecule has 3 N–H and O–H groups in total. The second kappa shape index (κ2) is 8.54. The Bertz CT molecular complexity index is 1010. The van der Waals surface area contributed by atoms with Crippen LogP contribution in [0.25, 0.3) is 11.1 Å². The maximum absolute atomic E-state index is 14.7. The standard InChI is InChI=1S/C22H23FN4O2S/c1-25-21(28)19-9-15(11-30-19)12-2-3-13(18(23)8-12)6-17(10-24)27-22(29)20-14-4-5-16(7-14)26-20/h2-3,8-9,11,14,16-17,20,26H,4-7H2,1H3,(H,25,28)(H,27,29)/t14?,16?,17-,20?/m0/s1. The number of hydrogen-bond donors (Lipinski definition) is 3. The number of rotatable bonds is 6. The fourth-order valence-electron chi connectivity index (χ4n) is 4.38. The quantitative estimate of drug-likeness (QED) is 0.662. The molecular formula is C22H23FN4O2S. The number of nitrogens with zero attached hydrogens (tertiary/aromatic N) is 1. The summed E-state index contributed by atoms with van der Waals surface area (Å²) in [6.45, 7) is 0. The number of hydrogen-bond acceptors (Lipinski definition) is 5. The Morgan fingerprint density at radius 3 is 2.80 bits per heavy atom. The lowest BCUT2D eigenvalue weighted by molar-refractivity contribution is -0.124. The third-order valence-corrected chi connectivity index (χ3v) is 6.90. The molecule has 2 aliphatic rings. The van der Waals surface area contributed by atoms with Crippen LogP contribution in [0, 0.1) is 23.1 Å². The van der Waals surface area contributed by atoms with Crippen LogP contribution in [0.15, 0.2) is 29.6 Å². The smallest absolute Gasteiger partial charge is 0.261 e. The van der Waals surface area contributed by atoms with Gasteiger partial charge in [-0.25, -0.2) is 4.39 Å². The van der Waals surface area contributed by atoms with Gasteiger partial charge in [0.25, 0.3) is 5.91 Å². The maximum atomic E-state index is 14.7. The van der Waals surface area contributed by atoms with Crippen LogP contribution in [-0.2, 0) is 11.2 Å². The number of carbonyl (C=O) groups excluding carboxylic acids is 2. The lowest BCUT2D eigenvalue weighted by Crippen LogP contribution is -2.50. The molecule has 4 atom stereocenters. The number of carbonyl (C=O) groups is 2. The first kappa shape index (κ1) is 20.5. The van der Waals surface area contributed by atoms with Crippen molar-refractivity contribution in [2.24, 2.45) is 5.92 Å². The van der Waals surface area contributed by atoms with Crippen LogP contribution < -0.4 is 16.0 Å². The normalized spacial score (nSPS) is 23.0. The van der Waals surface area contributed by atoms with E-state index in [1.165, 1.54) is 17.4 Å². The molecule has 2 bridgehead atoms. The second-order valence-corrected chi connectivity index (χ2v) is 8.80. The predicted octanol–water partition coefficient (Wildman–Crippen LogP) is 2.61. The van der Waals surface area contributed by atoms with Crippen molar-refractivity contribution in [2.75, 3.05) is 7.05 Å². The van der Waals surface area contributed by atoms with E-state index in [0.717, 1.165) is 24.8 Å². The van der Waals surface area contributed by atoms with Gasteiger partial charge < -0.3 is 16.0 Å². The third kappa shape index (κ3) is 4.09. The molecule has 2 aromatic rings. The zero-order chi connectivity index (χ0) is 21.3. The Hall–Kier alpha value is -2.76. The SMILES string of the molecule is CNC(=O)c1cc(-c2ccc(C[C@@H](C#N)NC(=O)C3NC4CCC3C4)c(F)c2)cs1. The lowest BCUT2D eigenvalue weighted by Gasteiger charge is -2.23. The van der Waals surface area contributed by atoms with Crippen molar-refractivity contribution in [3.05, 3.63) is 45.9 Å². The van der Waals surface area contributed by atoms with Gasteiger partial charge in [0, 0.05) is 19.5 Å². The molecule has 6 nitrogen and oxygen atoms in total. The monoisotopic (exact) mass is 426 g/mol. The van der Waals surface area contributed by atoms with E-state index in [-0.39, 0.29) is 24.3 Å². The molecule has 4 rings (SSSR count). The number of fused-ring (bicyclic) bond motifs is 2. The minimum Gasteiger partial charge on any atom is -0.354 e. The van der Waals surface area contributed by atoms with E-state index in [0.29, 0.717) is 28.0 Å². The van der Waals surface area contributed by atoms with E-state index >= 15 is 0 Å². The van der Waals surface area contributed by atoms with Crippen LogP contribution in [0.5, 0.6) is 0 Å². The Kier molecular flexibility index (Phi) is 5.84. The number of piperidine rings is 1. The van der Waals surface area contributed by atoms with Gasteiger partial charge in [0.2, 0.25) is 5.91 Å². The van der Waals surface area contributed by atoms with Crippen LogP contribution in [0.3, 0.4) is 0 Å². The van der Waals surface area contributed by atoms with E-state index in [1.54, 1.807) is 30.6 Å². The molecule has 8 heteroatoms. The van der Waals surface area contributed by atoms with Crippen molar-refractivity contribution >= 4 is 23.2 Å². The van der Waals surface area contributed by atoms with E-state index in [4.69, 9.17) is 0 Å². The van der Waals surface area contributed by atoms with Crippen molar-refractivity contribution in [1.82, 2.24) is 16.0 Å². The maximum Gasteiger partial charge on any atom is 0.261 e. The molecule has 2 fully saturated rings. The largest absolute Gasteiger partial charge is 0.354 e. The van der Waals surface area contributed by atoms with Gasteiger partial charge in [-0.3, -0.25) is 9.59 Å². The Morgan fingerprint density at radius 1 is 1.33 bits per heavy atom. The molecule has 0 spiro atoms. The van der Waals surface area contributed by atoms with Crippen molar-refractivity contribution in [2.45, 2.75) is 43.8 Å². The van der Waals surface area contributed by atoms with Gasteiger partial charge in [0.05, 0.1) is 17.0 Å². The summed E-state index contributed by atoms with van der Waals surface area (Å²) in [7, 11) is 1.56. The van der Waals surface area contributed by atoms with Crippen LogP contribution in [0.1, 0.15) is 34.5 Å². The molecule has 3 unspecified atom stereocenters. The highest BCUT2D eigenvalue weighted by Crippen LogP contribution is 2.35. The minimum atomic E-state index is -0.792. The lowest BCUT2D eigenvalue weighted by atomic mass is 9.98. The molecule has 0 radical (unpaired) electrons.